The number of thioether (sulfide) groups is 1. The molecular formula is C21H15ClFN3O2S3. The maximum Gasteiger partial charge on any atom is 0.263 e. The van der Waals surface area contributed by atoms with Crippen molar-refractivity contribution in [3.05, 3.63) is 74.9 Å². The van der Waals surface area contributed by atoms with E-state index in [1.807, 2.05) is 22.9 Å². The van der Waals surface area contributed by atoms with E-state index in [2.05, 4.69) is 16.9 Å². The molecule has 0 aliphatic rings. The van der Waals surface area contributed by atoms with E-state index in [1.54, 1.807) is 17.4 Å². The Morgan fingerprint density at radius 1 is 1.35 bits per heavy atom. The minimum atomic E-state index is -0.485. The van der Waals surface area contributed by atoms with Gasteiger partial charge in [-0.2, -0.15) is 0 Å². The largest absolute Gasteiger partial charge is 0.324 e. The zero-order valence-electron chi connectivity index (χ0n) is 15.9. The van der Waals surface area contributed by atoms with Crippen LogP contribution in [0.4, 0.5) is 10.1 Å². The summed E-state index contributed by atoms with van der Waals surface area (Å²) in [5.74, 6) is -0.823. The summed E-state index contributed by atoms with van der Waals surface area (Å²) < 4.78 is 14.7. The predicted octanol–water partition coefficient (Wildman–Crippen LogP) is 5.90. The van der Waals surface area contributed by atoms with E-state index in [-0.39, 0.29) is 28.8 Å². The van der Waals surface area contributed by atoms with Gasteiger partial charge in [-0.05, 0) is 29.6 Å². The van der Waals surface area contributed by atoms with E-state index in [1.165, 1.54) is 28.0 Å². The van der Waals surface area contributed by atoms with Gasteiger partial charge in [0.1, 0.15) is 10.6 Å². The van der Waals surface area contributed by atoms with Crippen LogP contribution in [0.3, 0.4) is 0 Å². The van der Waals surface area contributed by atoms with Crippen molar-refractivity contribution < 1.29 is 9.18 Å². The van der Waals surface area contributed by atoms with E-state index >= 15 is 0 Å². The van der Waals surface area contributed by atoms with Crippen molar-refractivity contribution in [1.82, 2.24) is 9.55 Å². The highest BCUT2D eigenvalue weighted by Gasteiger charge is 2.18. The van der Waals surface area contributed by atoms with Crippen LogP contribution in [0.1, 0.15) is 0 Å². The van der Waals surface area contributed by atoms with Gasteiger partial charge in [0.15, 0.2) is 5.16 Å². The van der Waals surface area contributed by atoms with E-state index in [9.17, 15) is 14.0 Å². The van der Waals surface area contributed by atoms with Crippen molar-refractivity contribution >= 4 is 67.8 Å². The van der Waals surface area contributed by atoms with Crippen molar-refractivity contribution in [2.45, 2.75) is 11.7 Å². The van der Waals surface area contributed by atoms with Gasteiger partial charge in [-0.3, -0.25) is 14.2 Å². The first kappa shape index (κ1) is 21.8. The zero-order valence-corrected chi connectivity index (χ0v) is 19.1. The number of aromatic nitrogens is 2. The first-order valence-corrected chi connectivity index (χ1v) is 12.1. The Morgan fingerprint density at radius 2 is 2.19 bits per heavy atom. The summed E-state index contributed by atoms with van der Waals surface area (Å²) in [6.07, 6.45) is 1.62. The number of benzene rings is 1. The summed E-state index contributed by atoms with van der Waals surface area (Å²) in [5.41, 5.74) is 1.02. The predicted molar refractivity (Wildman–Crippen MR) is 128 cm³/mol. The topological polar surface area (TPSA) is 64.0 Å². The lowest BCUT2D eigenvalue weighted by atomic mass is 10.2. The minimum absolute atomic E-state index is 0.00590. The van der Waals surface area contributed by atoms with Gasteiger partial charge in [0.05, 0.1) is 21.8 Å². The molecule has 31 heavy (non-hydrogen) atoms. The van der Waals surface area contributed by atoms with Gasteiger partial charge in [0.2, 0.25) is 5.91 Å². The number of nitrogens with zero attached hydrogens (tertiary/aromatic N) is 2. The highest BCUT2D eigenvalue weighted by Crippen LogP contribution is 2.34. The van der Waals surface area contributed by atoms with Crippen LogP contribution in [-0.4, -0.2) is 21.2 Å². The fourth-order valence-corrected chi connectivity index (χ4v) is 5.75. The molecule has 1 amide bonds. The average molecular weight is 492 g/mol. The van der Waals surface area contributed by atoms with Gasteiger partial charge < -0.3 is 5.32 Å². The molecule has 3 heterocycles. The molecule has 0 saturated carbocycles. The van der Waals surface area contributed by atoms with Gasteiger partial charge in [0, 0.05) is 22.4 Å². The second kappa shape index (κ2) is 9.35. The Hall–Kier alpha value is -2.46. The number of halogens is 2. The number of fused-ring (bicyclic) bond motifs is 1. The SMILES string of the molecule is C=CCn1c(SCC(=O)Nc2ccc(F)cc2Cl)nc2scc(-c3cccs3)c2c1=O. The summed E-state index contributed by atoms with van der Waals surface area (Å²) >= 11 is 10.1. The average Bonchev–Trinajstić information content (AvgIpc) is 3.40. The third kappa shape index (κ3) is 4.59. The van der Waals surface area contributed by atoms with Crippen LogP contribution >= 0.6 is 46.0 Å². The molecule has 5 nitrogen and oxygen atoms in total. The molecule has 0 spiro atoms. The first-order valence-electron chi connectivity index (χ1n) is 9.02. The normalized spacial score (nSPS) is 11.0. The number of amides is 1. The summed E-state index contributed by atoms with van der Waals surface area (Å²) in [7, 11) is 0. The fourth-order valence-electron chi connectivity index (χ4n) is 2.93. The molecule has 0 atom stereocenters. The third-order valence-corrected chi connectivity index (χ3v) is 7.36. The van der Waals surface area contributed by atoms with Crippen LogP contribution in [0, 0.1) is 5.82 Å². The molecule has 3 aromatic heterocycles. The molecule has 0 aliphatic heterocycles. The zero-order chi connectivity index (χ0) is 22.0. The smallest absolute Gasteiger partial charge is 0.263 e. The molecule has 10 heteroatoms. The number of carbonyl (C=O) groups is 1. The molecule has 4 aromatic rings. The molecule has 4 rings (SSSR count). The number of carbonyl (C=O) groups excluding carboxylic acids is 1. The molecule has 0 radical (unpaired) electrons. The molecular weight excluding hydrogens is 477 g/mol. The van der Waals surface area contributed by atoms with Crippen molar-refractivity contribution in [3.8, 4) is 10.4 Å². The number of anilines is 1. The van der Waals surface area contributed by atoms with Crippen LogP contribution in [0.2, 0.25) is 5.02 Å². The van der Waals surface area contributed by atoms with Gasteiger partial charge in [-0.25, -0.2) is 9.37 Å². The van der Waals surface area contributed by atoms with Gasteiger partial charge >= 0.3 is 0 Å². The fraction of sp³-hybridized carbons (Fsp3) is 0.0952. The van der Waals surface area contributed by atoms with Crippen LogP contribution in [0.5, 0.6) is 0 Å². The van der Waals surface area contributed by atoms with Gasteiger partial charge in [-0.1, -0.05) is 35.5 Å². The Morgan fingerprint density at radius 3 is 2.90 bits per heavy atom. The van der Waals surface area contributed by atoms with Gasteiger partial charge in [-0.15, -0.1) is 29.3 Å². The quantitative estimate of drug-likeness (QED) is 0.199. The van der Waals surface area contributed by atoms with Crippen LogP contribution in [0.15, 0.2) is 63.7 Å². The van der Waals surface area contributed by atoms with E-state index in [4.69, 9.17) is 11.6 Å². The monoisotopic (exact) mass is 491 g/mol. The molecule has 1 N–H and O–H groups in total. The summed E-state index contributed by atoms with van der Waals surface area (Å²) in [5, 5.41) is 7.65. The number of hydrogen-bond donors (Lipinski definition) is 1. The third-order valence-electron chi connectivity index (χ3n) is 4.29. The van der Waals surface area contributed by atoms with Crippen LogP contribution < -0.4 is 10.9 Å². The Bertz CT molecular complexity index is 1330. The highest BCUT2D eigenvalue weighted by molar-refractivity contribution is 7.99. The number of thiophene rings is 2. The first-order chi connectivity index (χ1) is 15.0. The van der Waals surface area contributed by atoms with E-state index in [0.29, 0.717) is 21.1 Å². The molecule has 0 aliphatic carbocycles. The summed E-state index contributed by atoms with van der Waals surface area (Å²) in [4.78, 5) is 31.9. The van der Waals surface area contributed by atoms with Gasteiger partial charge in [0.25, 0.3) is 5.56 Å². The Labute approximate surface area is 194 Å². The van der Waals surface area contributed by atoms with E-state index < -0.39 is 5.82 Å². The molecule has 0 saturated heterocycles. The van der Waals surface area contributed by atoms with Crippen molar-refractivity contribution in [2.75, 3.05) is 11.1 Å². The molecule has 0 bridgehead atoms. The van der Waals surface area contributed by atoms with Crippen molar-refractivity contribution in [1.29, 1.82) is 0 Å². The molecule has 0 unspecified atom stereocenters. The Balaban J connectivity index is 1.61. The Kier molecular flexibility index (Phi) is 6.57. The summed E-state index contributed by atoms with van der Waals surface area (Å²) in [6.45, 7) is 4.00. The lowest BCUT2D eigenvalue weighted by molar-refractivity contribution is -0.113. The lowest BCUT2D eigenvalue weighted by Crippen LogP contribution is -2.23. The number of hydrogen-bond acceptors (Lipinski definition) is 6. The minimum Gasteiger partial charge on any atom is -0.324 e. The van der Waals surface area contributed by atoms with Crippen molar-refractivity contribution in [2.24, 2.45) is 0 Å². The maximum absolute atomic E-state index is 13.2. The van der Waals surface area contributed by atoms with Crippen molar-refractivity contribution in [3.63, 3.8) is 0 Å². The second-order valence-corrected chi connectivity index (χ2v) is 9.52. The molecule has 0 fully saturated rings. The number of allylic oxidation sites excluding steroid dienone is 1. The maximum atomic E-state index is 13.2. The molecule has 158 valence electrons. The standard InChI is InChI=1S/C21H15ClFN3O2S3/c1-2-7-26-20(28)18-13(16-4-3-8-29-16)10-30-19(18)25-21(26)31-11-17(27)24-15-6-5-12(23)9-14(15)22/h2-6,8-10H,1,7,11H2,(H,24,27). The van der Waals surface area contributed by atoms with Crippen LogP contribution in [-0.2, 0) is 11.3 Å². The lowest BCUT2D eigenvalue weighted by Gasteiger charge is -2.11. The number of nitrogens with one attached hydrogen (secondary N) is 1. The van der Waals surface area contributed by atoms with Crippen LogP contribution in [0.25, 0.3) is 20.7 Å². The molecule has 1 aromatic carbocycles. The van der Waals surface area contributed by atoms with E-state index in [0.717, 1.165) is 28.3 Å². The number of rotatable bonds is 7. The highest BCUT2D eigenvalue weighted by atomic mass is 35.5. The summed E-state index contributed by atoms with van der Waals surface area (Å²) in [6, 6.07) is 7.65. The second-order valence-electron chi connectivity index (χ2n) is 6.37.